The summed E-state index contributed by atoms with van der Waals surface area (Å²) in [5.74, 6) is 0. The van der Waals surface area contributed by atoms with Crippen LogP contribution in [0, 0.1) is 0 Å². The molecule has 2 amide bonds. The normalized spacial score (nSPS) is 14.4. The molecule has 0 saturated heterocycles. The maximum Gasteiger partial charge on any atom is 0.317 e. The molecule has 26 heavy (non-hydrogen) atoms. The van der Waals surface area contributed by atoms with Crippen molar-refractivity contribution < 1.29 is 9.21 Å². The van der Waals surface area contributed by atoms with Gasteiger partial charge >= 0.3 is 6.03 Å². The number of aromatic nitrogens is 2. The number of nitrogens with one attached hydrogen (secondary N) is 1. The number of amides is 2. The minimum atomic E-state index is -0.104. The highest BCUT2D eigenvalue weighted by molar-refractivity contribution is 5.77. The first-order valence-corrected chi connectivity index (χ1v) is 8.78. The summed E-state index contributed by atoms with van der Waals surface area (Å²) in [6.45, 7) is 4.04. The van der Waals surface area contributed by atoms with Crippen molar-refractivity contribution in [2.24, 2.45) is 0 Å². The highest BCUT2D eigenvalue weighted by atomic mass is 16.3. The first kappa shape index (κ1) is 16.7. The summed E-state index contributed by atoms with van der Waals surface area (Å²) in [5, 5.41) is 8.61. The van der Waals surface area contributed by atoms with Gasteiger partial charge in [0.15, 0.2) is 0 Å². The Balaban J connectivity index is 1.40. The van der Waals surface area contributed by atoms with Crippen molar-refractivity contribution in [3.63, 3.8) is 0 Å². The molecule has 0 bridgehead atoms. The maximum atomic E-state index is 11.7. The average Bonchev–Trinajstić information content (AvgIpc) is 3.24. The molecule has 0 unspecified atom stereocenters. The van der Waals surface area contributed by atoms with E-state index in [1.54, 1.807) is 20.4 Å². The second-order valence-electron chi connectivity index (χ2n) is 6.91. The van der Waals surface area contributed by atoms with Crippen molar-refractivity contribution in [3.8, 4) is 0 Å². The largest absolute Gasteiger partial charge is 0.464 e. The fourth-order valence-corrected chi connectivity index (χ4v) is 3.30. The van der Waals surface area contributed by atoms with Gasteiger partial charge in [-0.05, 0) is 29.8 Å². The van der Waals surface area contributed by atoms with Gasteiger partial charge in [0.2, 0.25) is 0 Å². The van der Waals surface area contributed by atoms with E-state index in [1.807, 2.05) is 16.8 Å². The summed E-state index contributed by atoms with van der Waals surface area (Å²) in [6.07, 6.45) is 1.73. The third kappa shape index (κ3) is 3.43. The lowest BCUT2D eigenvalue weighted by Gasteiger charge is -2.27. The van der Waals surface area contributed by atoms with E-state index < -0.39 is 0 Å². The highest BCUT2D eigenvalue weighted by Gasteiger charge is 2.19. The average molecular weight is 353 g/mol. The lowest BCUT2D eigenvalue weighted by atomic mass is 10.1. The molecular weight excluding hydrogens is 330 g/mol. The van der Waals surface area contributed by atoms with E-state index in [4.69, 9.17) is 4.42 Å². The second kappa shape index (κ2) is 6.84. The summed E-state index contributed by atoms with van der Waals surface area (Å²) < 4.78 is 7.46. The number of urea groups is 1. The van der Waals surface area contributed by atoms with Crippen LogP contribution in [0.1, 0.15) is 17.0 Å². The number of fused-ring (bicyclic) bond motifs is 2. The van der Waals surface area contributed by atoms with E-state index in [-0.39, 0.29) is 6.03 Å². The molecule has 0 radical (unpaired) electrons. The Morgan fingerprint density at radius 2 is 2.15 bits per heavy atom. The molecule has 7 nitrogen and oxygen atoms in total. The van der Waals surface area contributed by atoms with Crippen LogP contribution in [-0.2, 0) is 26.2 Å². The quantitative estimate of drug-likeness (QED) is 0.782. The fourth-order valence-electron chi connectivity index (χ4n) is 3.30. The molecule has 7 heteroatoms. The molecule has 1 aliphatic heterocycles. The molecule has 3 aromatic rings. The van der Waals surface area contributed by atoms with Gasteiger partial charge in [-0.1, -0.05) is 6.07 Å². The molecule has 0 saturated carbocycles. The Morgan fingerprint density at radius 3 is 3.00 bits per heavy atom. The van der Waals surface area contributed by atoms with Crippen molar-refractivity contribution in [1.29, 1.82) is 0 Å². The molecule has 1 N–H and O–H groups in total. The van der Waals surface area contributed by atoms with E-state index >= 15 is 0 Å². The third-order valence-electron chi connectivity index (χ3n) is 4.68. The monoisotopic (exact) mass is 353 g/mol. The summed E-state index contributed by atoms with van der Waals surface area (Å²) in [6, 6.07) is 10.3. The van der Waals surface area contributed by atoms with Crippen LogP contribution < -0.4 is 5.32 Å². The van der Waals surface area contributed by atoms with Crippen LogP contribution in [0.15, 0.2) is 41.0 Å². The highest BCUT2D eigenvalue weighted by Crippen LogP contribution is 2.20. The van der Waals surface area contributed by atoms with Gasteiger partial charge in [0.05, 0.1) is 30.7 Å². The van der Waals surface area contributed by atoms with Crippen LogP contribution in [0.4, 0.5) is 4.79 Å². The summed E-state index contributed by atoms with van der Waals surface area (Å²) in [7, 11) is 3.46. The minimum absolute atomic E-state index is 0.104. The smallest absolute Gasteiger partial charge is 0.317 e. The summed E-state index contributed by atoms with van der Waals surface area (Å²) >= 11 is 0. The predicted octanol–water partition coefficient (Wildman–Crippen LogP) is 2.42. The molecular formula is C19H23N5O2. The Hall–Kier alpha value is -2.80. The van der Waals surface area contributed by atoms with Crippen molar-refractivity contribution in [2.45, 2.75) is 26.2 Å². The number of benzene rings is 1. The first-order chi connectivity index (χ1) is 12.6. The van der Waals surface area contributed by atoms with Crippen molar-refractivity contribution >= 4 is 17.0 Å². The number of hydrogen-bond acceptors (Lipinski definition) is 4. The molecule has 3 heterocycles. The number of carbonyl (C=O) groups is 1. The molecule has 2 aromatic heterocycles. The van der Waals surface area contributed by atoms with E-state index in [0.717, 1.165) is 42.8 Å². The van der Waals surface area contributed by atoms with Crippen molar-refractivity contribution in [1.82, 2.24) is 24.9 Å². The topological polar surface area (TPSA) is 66.5 Å². The number of rotatable bonds is 4. The SMILES string of the molecule is CN(C)C(=O)NCc1cc2n(n1)CCN(Cc1ccc3occc3c1)C2. The zero-order valence-corrected chi connectivity index (χ0v) is 15.1. The fraction of sp³-hybridized carbons (Fsp3) is 0.368. The number of furan rings is 1. The molecule has 4 rings (SSSR count). The van der Waals surface area contributed by atoms with Crippen LogP contribution >= 0.6 is 0 Å². The van der Waals surface area contributed by atoms with Gasteiger partial charge in [-0.3, -0.25) is 9.58 Å². The Bertz CT molecular complexity index is 927. The zero-order valence-electron chi connectivity index (χ0n) is 15.1. The molecule has 1 aromatic carbocycles. The maximum absolute atomic E-state index is 11.7. The zero-order chi connectivity index (χ0) is 18.1. The minimum Gasteiger partial charge on any atom is -0.464 e. The molecule has 0 aliphatic carbocycles. The van der Waals surface area contributed by atoms with Gasteiger partial charge in [0, 0.05) is 39.1 Å². The van der Waals surface area contributed by atoms with Gasteiger partial charge < -0.3 is 14.6 Å². The second-order valence-corrected chi connectivity index (χ2v) is 6.91. The summed E-state index contributed by atoms with van der Waals surface area (Å²) in [4.78, 5) is 15.6. The van der Waals surface area contributed by atoms with Crippen LogP contribution in [0.5, 0.6) is 0 Å². The van der Waals surface area contributed by atoms with Crippen LogP contribution in [0.25, 0.3) is 11.0 Å². The Labute approximate surface area is 152 Å². The molecule has 136 valence electrons. The molecule has 0 atom stereocenters. The first-order valence-electron chi connectivity index (χ1n) is 8.78. The number of nitrogens with zero attached hydrogens (tertiary/aromatic N) is 4. The lowest BCUT2D eigenvalue weighted by molar-refractivity contribution is 0.205. The van der Waals surface area contributed by atoms with E-state index in [1.165, 1.54) is 16.2 Å². The molecule has 0 fully saturated rings. The van der Waals surface area contributed by atoms with Gasteiger partial charge in [-0.15, -0.1) is 0 Å². The van der Waals surface area contributed by atoms with E-state index in [9.17, 15) is 4.79 Å². The van der Waals surface area contributed by atoms with Crippen LogP contribution in [-0.4, -0.2) is 46.3 Å². The van der Waals surface area contributed by atoms with Crippen LogP contribution in [0.2, 0.25) is 0 Å². The van der Waals surface area contributed by atoms with Gasteiger partial charge in [0.1, 0.15) is 5.58 Å². The van der Waals surface area contributed by atoms with Crippen LogP contribution in [0.3, 0.4) is 0 Å². The predicted molar refractivity (Wildman–Crippen MR) is 98.5 cm³/mol. The molecule has 1 aliphatic rings. The molecule has 0 spiro atoms. The van der Waals surface area contributed by atoms with E-state index in [2.05, 4.69) is 33.5 Å². The van der Waals surface area contributed by atoms with Crippen molar-refractivity contribution in [3.05, 3.63) is 53.5 Å². The van der Waals surface area contributed by atoms with Gasteiger partial charge in [-0.2, -0.15) is 5.10 Å². The number of carbonyl (C=O) groups excluding carboxylic acids is 1. The number of hydrogen-bond donors (Lipinski definition) is 1. The lowest BCUT2D eigenvalue weighted by Crippen LogP contribution is -2.34. The standard InChI is InChI=1S/C19H23N5O2/c1-22(2)19(25)20-11-16-10-17-13-23(6-7-24(17)21-16)12-14-3-4-18-15(9-14)5-8-26-18/h3-5,8-10H,6-7,11-13H2,1-2H3,(H,20,25). The Kier molecular flexibility index (Phi) is 4.38. The van der Waals surface area contributed by atoms with Gasteiger partial charge in [0.25, 0.3) is 0 Å². The third-order valence-corrected chi connectivity index (χ3v) is 4.68. The Morgan fingerprint density at radius 1 is 1.27 bits per heavy atom. The summed E-state index contributed by atoms with van der Waals surface area (Å²) in [5.41, 5.74) is 4.30. The van der Waals surface area contributed by atoms with Crippen molar-refractivity contribution in [2.75, 3.05) is 20.6 Å². The van der Waals surface area contributed by atoms with Gasteiger partial charge in [-0.25, -0.2) is 4.79 Å². The van der Waals surface area contributed by atoms with E-state index in [0.29, 0.717) is 6.54 Å².